The Bertz CT molecular complexity index is 733. The van der Waals surface area contributed by atoms with Crippen LogP contribution in [0.1, 0.15) is 18.4 Å². The van der Waals surface area contributed by atoms with Crippen LogP contribution in [0.5, 0.6) is 0 Å². The first-order valence-electron chi connectivity index (χ1n) is 9.54. The number of carbonyl (C=O) groups is 1. The Kier molecular flexibility index (Phi) is 5.53. The molecule has 0 radical (unpaired) electrons. The van der Waals surface area contributed by atoms with Gasteiger partial charge in [0.15, 0.2) is 0 Å². The van der Waals surface area contributed by atoms with Crippen molar-refractivity contribution in [2.24, 2.45) is 0 Å². The van der Waals surface area contributed by atoms with Gasteiger partial charge in [-0.2, -0.15) is 0 Å². The summed E-state index contributed by atoms with van der Waals surface area (Å²) in [7, 11) is 0. The molecule has 2 fully saturated rings. The second-order valence-corrected chi connectivity index (χ2v) is 7.16. The molecule has 6 heteroatoms. The third-order valence-electron chi connectivity index (χ3n) is 5.30. The predicted octanol–water partition coefficient (Wildman–Crippen LogP) is 2.01. The maximum absolute atomic E-state index is 13.0. The van der Waals surface area contributed by atoms with Crippen LogP contribution in [0, 0.1) is 0 Å². The molecule has 1 unspecified atom stereocenters. The molecule has 4 rings (SSSR count). The first kappa shape index (κ1) is 17.5. The molecule has 2 aromatic rings. The average molecular weight is 357 g/mol. The molecular weight excluding hydrogens is 330 g/mol. The lowest BCUT2D eigenvalue weighted by Crippen LogP contribution is -2.46. The second-order valence-electron chi connectivity index (χ2n) is 7.16. The van der Waals surface area contributed by atoms with Gasteiger partial charge in [0.1, 0.15) is 0 Å². The molecule has 2 saturated heterocycles. The highest BCUT2D eigenvalue weighted by Crippen LogP contribution is 2.21. The van der Waals surface area contributed by atoms with E-state index in [1.54, 1.807) is 0 Å². The summed E-state index contributed by atoms with van der Waals surface area (Å²) >= 11 is 0. The first-order chi connectivity index (χ1) is 12.8. The van der Waals surface area contributed by atoms with Crippen molar-refractivity contribution in [2.45, 2.75) is 25.5 Å². The Balaban J connectivity index is 1.48. The van der Waals surface area contributed by atoms with Crippen LogP contribution in [0.2, 0.25) is 0 Å². The molecule has 1 aromatic carbocycles. The van der Waals surface area contributed by atoms with E-state index in [-0.39, 0.29) is 12.0 Å². The number of amides is 1. The van der Waals surface area contributed by atoms with Crippen LogP contribution in [0.25, 0.3) is 10.9 Å². The fourth-order valence-corrected chi connectivity index (χ4v) is 3.81. The number of benzene rings is 1. The summed E-state index contributed by atoms with van der Waals surface area (Å²) < 4.78 is 11.2. The third kappa shape index (κ3) is 4.09. The van der Waals surface area contributed by atoms with Gasteiger partial charge in [0, 0.05) is 49.9 Å². The van der Waals surface area contributed by atoms with Crippen LogP contribution < -0.4 is 0 Å². The molecule has 1 amide bonds. The molecule has 2 aliphatic rings. The van der Waals surface area contributed by atoms with Gasteiger partial charge in [-0.25, -0.2) is 0 Å². The van der Waals surface area contributed by atoms with Crippen molar-refractivity contribution < 1.29 is 14.3 Å². The Morgan fingerprint density at radius 2 is 2.08 bits per heavy atom. The van der Waals surface area contributed by atoms with Crippen LogP contribution in [-0.4, -0.2) is 72.8 Å². The summed E-state index contributed by atoms with van der Waals surface area (Å²) in [5.41, 5.74) is 2.27. The Morgan fingerprint density at radius 3 is 2.88 bits per heavy atom. The molecule has 1 N–H and O–H groups in total. The van der Waals surface area contributed by atoms with Crippen LogP contribution in [-0.2, 0) is 20.8 Å². The van der Waals surface area contributed by atoms with Gasteiger partial charge in [-0.15, -0.1) is 0 Å². The number of H-pyrrole nitrogens is 1. The molecule has 6 nitrogen and oxygen atoms in total. The van der Waals surface area contributed by atoms with Gasteiger partial charge < -0.3 is 19.4 Å². The number of hydrogen-bond donors (Lipinski definition) is 1. The zero-order valence-corrected chi connectivity index (χ0v) is 15.2. The largest absolute Gasteiger partial charge is 0.379 e. The van der Waals surface area contributed by atoms with Crippen molar-refractivity contribution in [2.75, 3.05) is 46.0 Å². The first-order valence-corrected chi connectivity index (χ1v) is 9.54. The topological polar surface area (TPSA) is 57.8 Å². The summed E-state index contributed by atoms with van der Waals surface area (Å²) in [6.07, 6.45) is 4.31. The Hall–Kier alpha value is -1.89. The Labute approximate surface area is 154 Å². The smallest absolute Gasteiger partial charge is 0.237 e. The Morgan fingerprint density at radius 1 is 1.23 bits per heavy atom. The molecule has 3 heterocycles. The highest BCUT2D eigenvalue weighted by molar-refractivity contribution is 5.84. The van der Waals surface area contributed by atoms with Crippen LogP contribution in [0.15, 0.2) is 30.5 Å². The number of fused-ring (bicyclic) bond motifs is 1. The molecule has 0 spiro atoms. The molecule has 26 heavy (non-hydrogen) atoms. The van der Waals surface area contributed by atoms with Gasteiger partial charge in [-0.1, -0.05) is 18.2 Å². The maximum Gasteiger partial charge on any atom is 0.237 e. The molecule has 0 saturated carbocycles. The van der Waals surface area contributed by atoms with E-state index in [4.69, 9.17) is 9.47 Å². The molecular formula is C20H27N3O3. The molecule has 1 aromatic heterocycles. The normalized spacial score (nSPS) is 21.3. The van der Waals surface area contributed by atoms with Crippen molar-refractivity contribution >= 4 is 16.8 Å². The summed E-state index contributed by atoms with van der Waals surface area (Å²) in [5, 5.41) is 1.18. The van der Waals surface area contributed by atoms with Gasteiger partial charge in [0.2, 0.25) is 5.91 Å². The SMILES string of the molecule is O=C(CN1CCOCC1)N(Cc1c[nH]c2ccccc12)CC1CCCO1. The third-order valence-corrected chi connectivity index (χ3v) is 5.30. The van der Waals surface area contributed by atoms with E-state index in [0.717, 1.165) is 43.6 Å². The number of nitrogens with zero attached hydrogens (tertiary/aromatic N) is 2. The van der Waals surface area contributed by atoms with Gasteiger partial charge in [-0.05, 0) is 24.5 Å². The molecule has 0 aliphatic carbocycles. The lowest BCUT2D eigenvalue weighted by Gasteiger charge is -2.30. The fraction of sp³-hybridized carbons (Fsp3) is 0.550. The summed E-state index contributed by atoms with van der Waals surface area (Å²) in [6.45, 7) is 5.62. The van der Waals surface area contributed by atoms with E-state index in [1.807, 2.05) is 23.2 Å². The number of aromatic nitrogens is 1. The van der Waals surface area contributed by atoms with Crippen LogP contribution >= 0.6 is 0 Å². The lowest BCUT2D eigenvalue weighted by atomic mass is 10.1. The van der Waals surface area contributed by atoms with Crippen molar-refractivity contribution in [3.05, 3.63) is 36.0 Å². The number of morpholine rings is 1. The van der Waals surface area contributed by atoms with E-state index < -0.39 is 0 Å². The van der Waals surface area contributed by atoms with Gasteiger partial charge in [-0.3, -0.25) is 9.69 Å². The summed E-state index contributed by atoms with van der Waals surface area (Å²) in [5.74, 6) is 0.174. The standard InChI is InChI=1S/C20H27N3O3/c24-20(15-22-7-10-25-11-8-22)23(14-17-4-3-9-26-17)13-16-12-21-19-6-2-1-5-18(16)19/h1-2,5-6,12,17,21H,3-4,7-11,13-15H2. The molecule has 0 bridgehead atoms. The minimum Gasteiger partial charge on any atom is -0.379 e. The number of hydrogen-bond acceptors (Lipinski definition) is 4. The number of ether oxygens (including phenoxy) is 2. The summed E-state index contributed by atoms with van der Waals surface area (Å²) in [4.78, 5) is 20.5. The van der Waals surface area contributed by atoms with Crippen LogP contribution in [0.4, 0.5) is 0 Å². The predicted molar refractivity (Wildman–Crippen MR) is 99.9 cm³/mol. The average Bonchev–Trinajstić information content (AvgIpc) is 3.32. The molecule has 1 atom stereocenters. The zero-order valence-electron chi connectivity index (χ0n) is 15.2. The highest BCUT2D eigenvalue weighted by Gasteiger charge is 2.25. The second kappa shape index (κ2) is 8.20. The quantitative estimate of drug-likeness (QED) is 0.859. The monoisotopic (exact) mass is 357 g/mol. The van der Waals surface area contributed by atoms with Crippen molar-refractivity contribution in [3.63, 3.8) is 0 Å². The van der Waals surface area contributed by atoms with Gasteiger partial charge in [0.05, 0.1) is 25.9 Å². The number of nitrogens with one attached hydrogen (secondary N) is 1. The highest BCUT2D eigenvalue weighted by atomic mass is 16.5. The fourth-order valence-electron chi connectivity index (χ4n) is 3.81. The van der Waals surface area contributed by atoms with Gasteiger partial charge in [0.25, 0.3) is 0 Å². The zero-order chi connectivity index (χ0) is 17.8. The van der Waals surface area contributed by atoms with Crippen LogP contribution in [0.3, 0.4) is 0 Å². The number of carbonyl (C=O) groups excluding carboxylic acids is 1. The molecule has 140 valence electrons. The van der Waals surface area contributed by atoms with E-state index in [1.165, 1.54) is 5.39 Å². The van der Waals surface area contributed by atoms with E-state index in [9.17, 15) is 4.79 Å². The van der Waals surface area contributed by atoms with E-state index in [0.29, 0.717) is 32.8 Å². The van der Waals surface area contributed by atoms with E-state index in [2.05, 4.69) is 22.0 Å². The minimum absolute atomic E-state index is 0.161. The molecule has 2 aliphatic heterocycles. The minimum atomic E-state index is 0.161. The van der Waals surface area contributed by atoms with Crippen molar-refractivity contribution in [1.82, 2.24) is 14.8 Å². The van der Waals surface area contributed by atoms with Crippen molar-refractivity contribution in [3.8, 4) is 0 Å². The van der Waals surface area contributed by atoms with E-state index >= 15 is 0 Å². The number of rotatable bonds is 6. The lowest BCUT2D eigenvalue weighted by molar-refractivity contribution is -0.135. The summed E-state index contributed by atoms with van der Waals surface area (Å²) in [6, 6.07) is 8.24. The van der Waals surface area contributed by atoms with Crippen molar-refractivity contribution in [1.29, 1.82) is 0 Å². The number of aromatic amines is 1. The van der Waals surface area contributed by atoms with Gasteiger partial charge >= 0.3 is 0 Å². The maximum atomic E-state index is 13.0. The number of para-hydroxylation sites is 1.